The van der Waals surface area contributed by atoms with Crippen molar-refractivity contribution in [1.29, 1.82) is 0 Å². The zero-order valence-corrected chi connectivity index (χ0v) is 13.1. The van der Waals surface area contributed by atoms with Crippen LogP contribution in [0.15, 0.2) is 18.2 Å². The molecule has 0 aliphatic rings. The molecule has 17 heavy (non-hydrogen) atoms. The fraction of sp³-hybridized carbons (Fsp3) is 0.625. The number of hydrogen-bond acceptors (Lipinski definition) is 1. The molecule has 0 fully saturated rings. The smallest absolute Gasteiger partial charge is 0.0402 e. The predicted octanol–water partition coefficient (Wildman–Crippen LogP) is 4.92. The quantitative estimate of drug-likeness (QED) is 0.739. The minimum absolute atomic E-state index is 0.250. The topological polar surface area (TPSA) is 20.2 Å². The Hall–Kier alpha value is -0.820. The van der Waals surface area contributed by atoms with Crippen LogP contribution in [0.5, 0.6) is 0 Å². The lowest BCUT2D eigenvalue weighted by atomic mass is 10.1. The molecule has 1 aromatic rings. The molecule has 1 heteroatoms. The fourth-order valence-electron chi connectivity index (χ4n) is 1.02. The van der Waals surface area contributed by atoms with Crippen molar-refractivity contribution in [2.75, 3.05) is 6.61 Å². The molecule has 1 rings (SSSR count). The number of rotatable bonds is 1. The van der Waals surface area contributed by atoms with Crippen molar-refractivity contribution in [3.05, 3.63) is 34.9 Å². The molecule has 0 unspecified atom stereocenters. The molecule has 1 nitrogen and oxygen atoms in total. The van der Waals surface area contributed by atoms with Crippen molar-refractivity contribution < 1.29 is 5.11 Å². The largest absolute Gasteiger partial charge is 0.397 e. The molecule has 0 aliphatic carbocycles. The molecule has 0 amide bonds. The number of aliphatic hydroxyl groups excluding tert-OH is 1. The molecule has 0 aromatic heterocycles. The summed E-state index contributed by atoms with van der Waals surface area (Å²) >= 11 is 0. The van der Waals surface area contributed by atoms with Crippen LogP contribution >= 0.6 is 0 Å². The highest BCUT2D eigenvalue weighted by Gasteiger charge is 1.92. The monoisotopic (exact) mass is 240 g/mol. The Morgan fingerprint density at radius 2 is 1.29 bits per heavy atom. The summed E-state index contributed by atoms with van der Waals surface area (Å²) in [5.74, 6) is 0. The van der Waals surface area contributed by atoms with E-state index in [-0.39, 0.29) is 6.61 Å². The highest BCUT2D eigenvalue weighted by Crippen LogP contribution is 2.09. The molecular weight excluding hydrogens is 208 g/mol. The number of aryl methyl sites for hydroxylation is 3. The number of benzene rings is 1. The first-order valence-corrected chi connectivity index (χ1v) is 6.82. The van der Waals surface area contributed by atoms with Gasteiger partial charge in [-0.05, 0) is 43.9 Å². The summed E-state index contributed by atoms with van der Waals surface area (Å²) in [5.41, 5.74) is 4.22. The van der Waals surface area contributed by atoms with Gasteiger partial charge < -0.3 is 5.11 Å². The average molecular weight is 240 g/mol. The van der Waals surface area contributed by atoms with E-state index in [0.717, 1.165) is 6.42 Å². The molecule has 0 aliphatic heterocycles. The highest BCUT2D eigenvalue weighted by atomic mass is 16.2. The van der Waals surface area contributed by atoms with Crippen LogP contribution in [-0.4, -0.2) is 11.7 Å². The van der Waals surface area contributed by atoms with Crippen molar-refractivity contribution in [2.24, 2.45) is 0 Å². The molecule has 0 bridgehead atoms. The molecule has 0 heterocycles. The van der Waals surface area contributed by atoms with E-state index in [0.29, 0.717) is 0 Å². The Kier molecular flexibility index (Phi) is 22.2. The van der Waals surface area contributed by atoms with Crippen LogP contribution in [0.4, 0.5) is 0 Å². The zero-order valence-electron chi connectivity index (χ0n) is 13.1. The molecular formula is C16H32O. The summed E-state index contributed by atoms with van der Waals surface area (Å²) in [5, 5.41) is 7.57. The molecule has 102 valence electrons. The molecule has 1 N–H and O–H groups in total. The van der Waals surface area contributed by atoms with Crippen LogP contribution < -0.4 is 0 Å². The first kappa shape index (κ1) is 21.5. The van der Waals surface area contributed by atoms with E-state index in [2.05, 4.69) is 39.0 Å². The van der Waals surface area contributed by atoms with Crippen molar-refractivity contribution in [2.45, 2.75) is 61.8 Å². The Bertz CT molecular complexity index is 241. The second-order valence-corrected chi connectivity index (χ2v) is 3.09. The van der Waals surface area contributed by atoms with E-state index in [4.69, 9.17) is 5.11 Å². The van der Waals surface area contributed by atoms with Gasteiger partial charge in [0.1, 0.15) is 0 Å². The molecule has 0 spiro atoms. The maximum atomic E-state index is 7.57. The van der Waals surface area contributed by atoms with Crippen LogP contribution in [0.3, 0.4) is 0 Å². The maximum Gasteiger partial charge on any atom is 0.0402 e. The first-order valence-electron chi connectivity index (χ1n) is 6.82. The van der Waals surface area contributed by atoms with Crippen LogP contribution in [-0.2, 0) is 6.42 Å². The van der Waals surface area contributed by atoms with Gasteiger partial charge in [-0.3, -0.25) is 0 Å². The van der Waals surface area contributed by atoms with Crippen LogP contribution in [0.2, 0.25) is 0 Å². The second-order valence-electron chi connectivity index (χ2n) is 3.09. The SMILES string of the molecule is CC.CC.CCO.CCc1ccc(C)c(C)c1. The molecule has 0 atom stereocenters. The third-order valence-electron chi connectivity index (χ3n) is 1.98. The van der Waals surface area contributed by atoms with Crippen molar-refractivity contribution in [3.8, 4) is 0 Å². The van der Waals surface area contributed by atoms with Gasteiger partial charge in [-0.15, -0.1) is 0 Å². The summed E-state index contributed by atoms with van der Waals surface area (Å²) in [6.45, 7) is 16.4. The minimum atomic E-state index is 0.250. The lowest BCUT2D eigenvalue weighted by Crippen LogP contribution is -1.84. The summed E-state index contributed by atoms with van der Waals surface area (Å²) in [7, 11) is 0. The van der Waals surface area contributed by atoms with Crippen molar-refractivity contribution in [3.63, 3.8) is 0 Å². The summed E-state index contributed by atoms with van der Waals surface area (Å²) in [6.07, 6.45) is 1.14. The van der Waals surface area contributed by atoms with Crippen LogP contribution in [0, 0.1) is 13.8 Å². The van der Waals surface area contributed by atoms with E-state index in [1.807, 2.05) is 27.7 Å². The van der Waals surface area contributed by atoms with Crippen LogP contribution in [0.25, 0.3) is 0 Å². The van der Waals surface area contributed by atoms with Gasteiger partial charge in [-0.1, -0.05) is 52.8 Å². The third-order valence-corrected chi connectivity index (χ3v) is 1.98. The fourth-order valence-corrected chi connectivity index (χ4v) is 1.02. The van der Waals surface area contributed by atoms with Gasteiger partial charge in [0, 0.05) is 6.61 Å². The van der Waals surface area contributed by atoms with E-state index in [9.17, 15) is 0 Å². The highest BCUT2D eigenvalue weighted by molar-refractivity contribution is 5.29. The van der Waals surface area contributed by atoms with Gasteiger partial charge in [0.2, 0.25) is 0 Å². The van der Waals surface area contributed by atoms with Gasteiger partial charge in [-0.25, -0.2) is 0 Å². The predicted molar refractivity (Wildman–Crippen MR) is 80.7 cm³/mol. The first-order chi connectivity index (χ1) is 8.15. The summed E-state index contributed by atoms with van der Waals surface area (Å²) in [6, 6.07) is 6.64. The number of aliphatic hydroxyl groups is 1. The summed E-state index contributed by atoms with van der Waals surface area (Å²) < 4.78 is 0. The summed E-state index contributed by atoms with van der Waals surface area (Å²) in [4.78, 5) is 0. The van der Waals surface area contributed by atoms with Gasteiger partial charge in [0.05, 0.1) is 0 Å². The van der Waals surface area contributed by atoms with E-state index < -0.39 is 0 Å². The Labute approximate surface area is 109 Å². The van der Waals surface area contributed by atoms with E-state index in [1.54, 1.807) is 6.92 Å². The Balaban J connectivity index is -0.000000239. The lowest BCUT2D eigenvalue weighted by molar-refractivity contribution is 0.318. The van der Waals surface area contributed by atoms with Gasteiger partial charge in [0.25, 0.3) is 0 Å². The minimum Gasteiger partial charge on any atom is -0.397 e. The second kappa shape index (κ2) is 17.6. The third kappa shape index (κ3) is 13.1. The van der Waals surface area contributed by atoms with Crippen molar-refractivity contribution in [1.82, 2.24) is 0 Å². The maximum absolute atomic E-state index is 7.57. The van der Waals surface area contributed by atoms with Crippen LogP contribution in [0.1, 0.15) is 58.2 Å². The van der Waals surface area contributed by atoms with E-state index in [1.165, 1.54) is 16.7 Å². The Morgan fingerprint density at radius 3 is 1.59 bits per heavy atom. The van der Waals surface area contributed by atoms with E-state index >= 15 is 0 Å². The molecule has 1 aromatic carbocycles. The number of hydrogen-bond donors (Lipinski definition) is 1. The zero-order chi connectivity index (χ0) is 14.3. The average Bonchev–Trinajstić information content (AvgIpc) is 2.38. The van der Waals surface area contributed by atoms with Crippen molar-refractivity contribution >= 4 is 0 Å². The molecule has 0 saturated carbocycles. The van der Waals surface area contributed by atoms with Gasteiger partial charge in [-0.2, -0.15) is 0 Å². The Morgan fingerprint density at radius 1 is 0.882 bits per heavy atom. The van der Waals surface area contributed by atoms with Gasteiger partial charge in [0.15, 0.2) is 0 Å². The normalized spacial score (nSPS) is 7.59. The lowest BCUT2D eigenvalue weighted by Gasteiger charge is -2.01. The standard InChI is InChI=1S/C10H14.C2H6O.2C2H6/c1-4-10-6-5-8(2)9(3)7-10;1-2-3;2*1-2/h5-7H,4H2,1-3H3;3H,2H2,1H3;2*1-2H3. The molecule has 0 saturated heterocycles. The molecule has 0 radical (unpaired) electrons. The van der Waals surface area contributed by atoms with Gasteiger partial charge >= 0.3 is 0 Å².